The quantitative estimate of drug-likeness (QED) is 0.704. The molecule has 1 fully saturated rings. The fourth-order valence-corrected chi connectivity index (χ4v) is 3.82. The van der Waals surface area contributed by atoms with E-state index in [1.165, 1.54) is 0 Å². The molecule has 6 heteroatoms. The third kappa shape index (κ3) is 5.57. The molecule has 1 unspecified atom stereocenters. The van der Waals surface area contributed by atoms with Crippen LogP contribution in [0.2, 0.25) is 0 Å². The van der Waals surface area contributed by atoms with E-state index in [0.29, 0.717) is 37.7 Å². The molecule has 1 aliphatic rings. The van der Waals surface area contributed by atoms with Gasteiger partial charge in [-0.05, 0) is 55.2 Å². The minimum absolute atomic E-state index is 0.0212. The Bertz CT molecular complexity index is 895. The SMILES string of the molecule is COc1ccc(C(=O)N2CCCN(C(=O)C(C)Oc3ccccc3C(C)C)CC2)cc1. The average molecular weight is 425 g/mol. The van der Waals surface area contributed by atoms with E-state index in [1.54, 1.807) is 38.3 Å². The van der Waals surface area contributed by atoms with Gasteiger partial charge >= 0.3 is 0 Å². The molecule has 0 aromatic heterocycles. The van der Waals surface area contributed by atoms with Crippen molar-refractivity contribution in [3.63, 3.8) is 0 Å². The van der Waals surface area contributed by atoms with Gasteiger partial charge < -0.3 is 19.3 Å². The van der Waals surface area contributed by atoms with Crippen molar-refractivity contribution < 1.29 is 19.1 Å². The molecule has 3 rings (SSSR count). The van der Waals surface area contributed by atoms with E-state index in [1.807, 2.05) is 34.1 Å². The molecule has 1 saturated heterocycles. The Morgan fingerprint density at radius 1 is 0.871 bits per heavy atom. The van der Waals surface area contributed by atoms with Crippen LogP contribution in [0.3, 0.4) is 0 Å². The summed E-state index contributed by atoms with van der Waals surface area (Å²) in [5.41, 5.74) is 1.72. The van der Waals surface area contributed by atoms with Crippen LogP contribution in [0.25, 0.3) is 0 Å². The van der Waals surface area contributed by atoms with Gasteiger partial charge in [0, 0.05) is 31.7 Å². The van der Waals surface area contributed by atoms with E-state index in [-0.39, 0.29) is 11.8 Å². The second kappa shape index (κ2) is 10.3. The Balaban J connectivity index is 1.60. The zero-order chi connectivity index (χ0) is 22.4. The summed E-state index contributed by atoms with van der Waals surface area (Å²) in [6, 6.07) is 15.0. The van der Waals surface area contributed by atoms with Gasteiger partial charge in [-0.15, -0.1) is 0 Å². The zero-order valence-corrected chi connectivity index (χ0v) is 18.8. The largest absolute Gasteiger partial charge is 0.497 e. The van der Waals surface area contributed by atoms with E-state index in [2.05, 4.69) is 13.8 Å². The lowest BCUT2D eigenvalue weighted by Crippen LogP contribution is -2.43. The first kappa shape index (κ1) is 22.7. The van der Waals surface area contributed by atoms with Crippen molar-refractivity contribution >= 4 is 11.8 Å². The minimum atomic E-state index is -0.580. The van der Waals surface area contributed by atoms with Gasteiger partial charge in [0.1, 0.15) is 11.5 Å². The Morgan fingerprint density at radius 3 is 2.19 bits per heavy atom. The number of para-hydroxylation sites is 1. The standard InChI is InChI=1S/C25H32N2O4/c1-18(2)22-8-5-6-9-23(22)31-19(3)24(28)26-14-7-15-27(17-16-26)25(29)20-10-12-21(30-4)13-11-20/h5-6,8-13,18-19H,7,14-17H2,1-4H3. The number of ether oxygens (including phenoxy) is 2. The summed E-state index contributed by atoms with van der Waals surface area (Å²) in [4.78, 5) is 29.5. The summed E-state index contributed by atoms with van der Waals surface area (Å²) < 4.78 is 11.2. The Labute approximate surface area is 184 Å². The maximum Gasteiger partial charge on any atom is 0.263 e. The van der Waals surface area contributed by atoms with Gasteiger partial charge in [0.25, 0.3) is 11.8 Å². The number of hydrogen-bond acceptors (Lipinski definition) is 4. The molecular weight excluding hydrogens is 392 g/mol. The molecule has 1 heterocycles. The highest BCUT2D eigenvalue weighted by molar-refractivity contribution is 5.94. The van der Waals surface area contributed by atoms with Crippen LogP contribution in [0.5, 0.6) is 11.5 Å². The first-order valence-corrected chi connectivity index (χ1v) is 10.9. The van der Waals surface area contributed by atoms with Crippen LogP contribution in [0.4, 0.5) is 0 Å². The first-order chi connectivity index (χ1) is 14.9. The van der Waals surface area contributed by atoms with Crippen LogP contribution in [0.1, 0.15) is 49.0 Å². The summed E-state index contributed by atoms with van der Waals surface area (Å²) in [7, 11) is 1.60. The maximum absolute atomic E-state index is 13.0. The van der Waals surface area contributed by atoms with Crippen molar-refractivity contribution in [2.24, 2.45) is 0 Å². The summed E-state index contributed by atoms with van der Waals surface area (Å²) in [6.07, 6.45) is 0.159. The number of benzene rings is 2. The number of amides is 2. The van der Waals surface area contributed by atoms with Crippen molar-refractivity contribution in [1.29, 1.82) is 0 Å². The highest BCUT2D eigenvalue weighted by Gasteiger charge is 2.27. The average Bonchev–Trinajstić information content (AvgIpc) is 3.04. The fraction of sp³-hybridized carbons (Fsp3) is 0.440. The number of carbonyl (C=O) groups is 2. The monoisotopic (exact) mass is 424 g/mol. The maximum atomic E-state index is 13.0. The molecule has 31 heavy (non-hydrogen) atoms. The molecule has 0 aliphatic carbocycles. The highest BCUT2D eigenvalue weighted by Crippen LogP contribution is 2.27. The van der Waals surface area contributed by atoms with Crippen LogP contribution < -0.4 is 9.47 Å². The molecule has 6 nitrogen and oxygen atoms in total. The van der Waals surface area contributed by atoms with Crippen LogP contribution in [0.15, 0.2) is 48.5 Å². The van der Waals surface area contributed by atoms with E-state index < -0.39 is 6.10 Å². The lowest BCUT2D eigenvalue weighted by Gasteiger charge is -2.26. The number of carbonyl (C=O) groups excluding carboxylic acids is 2. The van der Waals surface area contributed by atoms with Crippen LogP contribution in [-0.2, 0) is 4.79 Å². The molecule has 2 aromatic carbocycles. The van der Waals surface area contributed by atoms with E-state index in [4.69, 9.17) is 9.47 Å². The lowest BCUT2D eigenvalue weighted by atomic mass is 10.0. The number of methoxy groups -OCH3 is 1. The third-order valence-electron chi connectivity index (χ3n) is 5.62. The Hall–Kier alpha value is -3.02. The normalized spacial score (nSPS) is 15.4. The van der Waals surface area contributed by atoms with Gasteiger partial charge in [0.05, 0.1) is 7.11 Å². The molecule has 0 saturated carbocycles. The summed E-state index contributed by atoms with van der Waals surface area (Å²) in [5.74, 6) is 1.72. The minimum Gasteiger partial charge on any atom is -0.497 e. The Morgan fingerprint density at radius 2 is 1.52 bits per heavy atom. The summed E-state index contributed by atoms with van der Waals surface area (Å²) in [6.45, 7) is 8.26. The predicted octanol–water partition coefficient (Wildman–Crippen LogP) is 3.96. The molecule has 2 aromatic rings. The van der Waals surface area contributed by atoms with Gasteiger partial charge in [0.15, 0.2) is 6.10 Å². The first-order valence-electron chi connectivity index (χ1n) is 10.9. The molecule has 0 radical (unpaired) electrons. The molecule has 1 aliphatic heterocycles. The number of nitrogens with zero attached hydrogens (tertiary/aromatic N) is 2. The van der Waals surface area contributed by atoms with Crippen molar-refractivity contribution in [2.45, 2.75) is 39.2 Å². The topological polar surface area (TPSA) is 59.1 Å². The molecule has 0 bridgehead atoms. The van der Waals surface area contributed by atoms with Crippen molar-refractivity contribution in [1.82, 2.24) is 9.80 Å². The van der Waals surface area contributed by atoms with Gasteiger partial charge in [-0.2, -0.15) is 0 Å². The Kier molecular flexibility index (Phi) is 7.55. The van der Waals surface area contributed by atoms with Crippen LogP contribution in [0, 0.1) is 0 Å². The smallest absolute Gasteiger partial charge is 0.263 e. The molecule has 1 atom stereocenters. The third-order valence-corrected chi connectivity index (χ3v) is 5.62. The number of hydrogen-bond donors (Lipinski definition) is 0. The van der Waals surface area contributed by atoms with Gasteiger partial charge in [-0.1, -0.05) is 32.0 Å². The molecule has 166 valence electrons. The van der Waals surface area contributed by atoms with E-state index in [9.17, 15) is 9.59 Å². The van der Waals surface area contributed by atoms with E-state index in [0.717, 1.165) is 23.5 Å². The second-order valence-corrected chi connectivity index (χ2v) is 8.15. The summed E-state index contributed by atoms with van der Waals surface area (Å²) in [5, 5.41) is 0. The van der Waals surface area contributed by atoms with Gasteiger partial charge in [0.2, 0.25) is 0 Å². The molecule has 0 spiro atoms. The fourth-order valence-electron chi connectivity index (χ4n) is 3.82. The highest BCUT2D eigenvalue weighted by atomic mass is 16.5. The van der Waals surface area contributed by atoms with Gasteiger partial charge in [-0.3, -0.25) is 9.59 Å². The van der Waals surface area contributed by atoms with Crippen LogP contribution in [-0.4, -0.2) is 61.0 Å². The lowest BCUT2D eigenvalue weighted by molar-refractivity contribution is -0.137. The van der Waals surface area contributed by atoms with Crippen molar-refractivity contribution in [3.8, 4) is 11.5 Å². The second-order valence-electron chi connectivity index (χ2n) is 8.15. The number of rotatable bonds is 6. The molecule has 0 N–H and O–H groups in total. The molecular formula is C25H32N2O4. The van der Waals surface area contributed by atoms with Crippen molar-refractivity contribution in [3.05, 3.63) is 59.7 Å². The predicted molar refractivity (Wildman–Crippen MR) is 121 cm³/mol. The van der Waals surface area contributed by atoms with E-state index >= 15 is 0 Å². The zero-order valence-electron chi connectivity index (χ0n) is 18.8. The van der Waals surface area contributed by atoms with Crippen LogP contribution >= 0.6 is 0 Å². The summed E-state index contributed by atoms with van der Waals surface area (Å²) >= 11 is 0. The van der Waals surface area contributed by atoms with Gasteiger partial charge in [-0.25, -0.2) is 0 Å². The molecule has 2 amide bonds. The van der Waals surface area contributed by atoms with Crippen molar-refractivity contribution in [2.75, 3.05) is 33.3 Å².